The van der Waals surface area contributed by atoms with Gasteiger partial charge >= 0.3 is 0 Å². The van der Waals surface area contributed by atoms with Gasteiger partial charge in [0, 0.05) is 32.4 Å². The number of nitrogens with zero attached hydrogens (tertiary/aromatic N) is 4. The molecule has 1 fully saturated rings. The van der Waals surface area contributed by atoms with E-state index in [-0.39, 0.29) is 0 Å². The van der Waals surface area contributed by atoms with Gasteiger partial charge in [0.2, 0.25) is 0 Å². The fraction of sp³-hybridized carbons (Fsp3) is 0.286. The minimum Gasteiger partial charge on any atom is -0.384 e. The second-order valence-corrected chi connectivity index (χ2v) is 6.17. The van der Waals surface area contributed by atoms with Crippen molar-refractivity contribution in [2.24, 2.45) is 0 Å². The Kier molecular flexibility index (Phi) is 4.17. The van der Waals surface area contributed by atoms with Gasteiger partial charge in [-0.2, -0.15) is 0 Å². The van der Waals surface area contributed by atoms with Gasteiger partial charge in [0.15, 0.2) is 0 Å². The second-order valence-electron chi connectivity index (χ2n) is 4.87. The summed E-state index contributed by atoms with van der Waals surface area (Å²) >= 11 is 9.46. The lowest BCUT2D eigenvalue weighted by Gasteiger charge is -2.36. The molecule has 3 rings (SSSR count). The monoisotopic (exact) mass is 367 g/mol. The van der Waals surface area contributed by atoms with E-state index in [1.54, 1.807) is 6.20 Å². The van der Waals surface area contributed by atoms with Crippen molar-refractivity contribution in [3.05, 3.63) is 40.1 Å². The minimum atomic E-state index is 0.548. The maximum absolute atomic E-state index is 5.94. The number of piperazine rings is 1. The zero-order valence-electron chi connectivity index (χ0n) is 11.3. The first-order chi connectivity index (χ1) is 10.1. The third kappa shape index (κ3) is 3.22. The van der Waals surface area contributed by atoms with E-state index in [2.05, 4.69) is 35.7 Å². The summed E-state index contributed by atoms with van der Waals surface area (Å²) in [4.78, 5) is 13.1. The Labute approximate surface area is 136 Å². The van der Waals surface area contributed by atoms with Crippen LogP contribution in [-0.2, 0) is 0 Å². The van der Waals surface area contributed by atoms with Crippen LogP contribution in [-0.4, -0.2) is 36.1 Å². The Balaban J connectivity index is 1.68. The van der Waals surface area contributed by atoms with Crippen molar-refractivity contribution in [2.75, 3.05) is 41.7 Å². The highest BCUT2D eigenvalue weighted by Gasteiger charge is 2.20. The Morgan fingerprint density at radius 2 is 1.76 bits per heavy atom. The molecular formula is C14H15BrClN5. The van der Waals surface area contributed by atoms with Gasteiger partial charge in [0.1, 0.15) is 11.6 Å². The molecular weight excluding hydrogens is 354 g/mol. The SMILES string of the molecule is Nc1ccc(N2CCN(c3ncc(Cl)cc3Br)CC2)cn1. The van der Waals surface area contributed by atoms with Crippen LogP contribution < -0.4 is 15.5 Å². The van der Waals surface area contributed by atoms with Crippen LogP contribution >= 0.6 is 27.5 Å². The summed E-state index contributed by atoms with van der Waals surface area (Å²) in [6, 6.07) is 5.72. The predicted molar refractivity (Wildman–Crippen MR) is 90.0 cm³/mol. The third-order valence-corrected chi connectivity index (χ3v) is 4.29. The van der Waals surface area contributed by atoms with Crippen molar-refractivity contribution in [3.8, 4) is 0 Å². The summed E-state index contributed by atoms with van der Waals surface area (Å²) in [5.41, 5.74) is 6.72. The van der Waals surface area contributed by atoms with Crippen molar-refractivity contribution in [2.45, 2.75) is 0 Å². The predicted octanol–water partition coefficient (Wildman–Crippen LogP) is 2.80. The van der Waals surface area contributed by atoms with E-state index in [0.29, 0.717) is 10.8 Å². The second kappa shape index (κ2) is 6.07. The summed E-state index contributed by atoms with van der Waals surface area (Å²) in [6.45, 7) is 3.64. The minimum absolute atomic E-state index is 0.548. The topological polar surface area (TPSA) is 58.3 Å². The van der Waals surface area contributed by atoms with Gasteiger partial charge in [0.25, 0.3) is 0 Å². The summed E-state index contributed by atoms with van der Waals surface area (Å²) in [6.07, 6.45) is 3.50. The van der Waals surface area contributed by atoms with E-state index in [4.69, 9.17) is 17.3 Å². The maximum Gasteiger partial charge on any atom is 0.143 e. The molecule has 0 spiro atoms. The first kappa shape index (κ1) is 14.4. The summed E-state index contributed by atoms with van der Waals surface area (Å²) in [5, 5.41) is 0.636. The lowest BCUT2D eigenvalue weighted by Crippen LogP contribution is -2.47. The number of pyridine rings is 2. The van der Waals surface area contributed by atoms with Crippen molar-refractivity contribution in [1.82, 2.24) is 9.97 Å². The van der Waals surface area contributed by atoms with Crippen LogP contribution in [0.5, 0.6) is 0 Å². The van der Waals surface area contributed by atoms with Crippen LogP contribution in [0.25, 0.3) is 0 Å². The molecule has 0 saturated carbocycles. The van der Waals surface area contributed by atoms with Gasteiger partial charge in [-0.05, 0) is 34.1 Å². The molecule has 1 saturated heterocycles. The Hall–Kier alpha value is -1.53. The van der Waals surface area contributed by atoms with Crippen molar-refractivity contribution < 1.29 is 0 Å². The van der Waals surface area contributed by atoms with E-state index in [9.17, 15) is 0 Å². The van der Waals surface area contributed by atoms with Crippen LogP contribution in [0.15, 0.2) is 35.1 Å². The molecule has 1 aliphatic heterocycles. The van der Waals surface area contributed by atoms with E-state index >= 15 is 0 Å². The molecule has 110 valence electrons. The van der Waals surface area contributed by atoms with Gasteiger partial charge in [-0.25, -0.2) is 9.97 Å². The molecule has 21 heavy (non-hydrogen) atoms. The first-order valence-corrected chi connectivity index (χ1v) is 7.83. The molecule has 0 radical (unpaired) electrons. The van der Waals surface area contributed by atoms with Gasteiger partial charge in [-0.3, -0.25) is 0 Å². The van der Waals surface area contributed by atoms with Crippen molar-refractivity contribution >= 4 is 44.9 Å². The molecule has 2 aromatic heterocycles. The molecule has 0 amide bonds. The van der Waals surface area contributed by atoms with Crippen LogP contribution in [0.2, 0.25) is 5.02 Å². The van der Waals surface area contributed by atoms with E-state index in [1.165, 1.54) is 0 Å². The van der Waals surface area contributed by atoms with E-state index < -0.39 is 0 Å². The number of nitrogens with two attached hydrogens (primary N) is 1. The van der Waals surface area contributed by atoms with Crippen LogP contribution in [0, 0.1) is 0 Å². The average Bonchev–Trinajstić information content (AvgIpc) is 2.48. The molecule has 0 bridgehead atoms. The number of nitrogen functional groups attached to an aromatic ring is 1. The Bertz CT molecular complexity index is 626. The number of aromatic nitrogens is 2. The molecule has 7 heteroatoms. The maximum atomic E-state index is 5.94. The first-order valence-electron chi connectivity index (χ1n) is 6.66. The van der Waals surface area contributed by atoms with Gasteiger partial charge in [0.05, 0.1) is 21.4 Å². The molecule has 3 heterocycles. The van der Waals surface area contributed by atoms with Crippen LogP contribution in [0.3, 0.4) is 0 Å². The van der Waals surface area contributed by atoms with Crippen molar-refractivity contribution in [3.63, 3.8) is 0 Å². The highest BCUT2D eigenvalue weighted by Crippen LogP contribution is 2.28. The van der Waals surface area contributed by atoms with Crippen LogP contribution in [0.4, 0.5) is 17.3 Å². The number of anilines is 3. The smallest absolute Gasteiger partial charge is 0.143 e. The number of hydrogen-bond donors (Lipinski definition) is 1. The normalized spacial score (nSPS) is 15.3. The molecule has 0 unspecified atom stereocenters. The number of rotatable bonds is 2. The quantitative estimate of drug-likeness (QED) is 0.883. The highest BCUT2D eigenvalue weighted by molar-refractivity contribution is 9.10. The van der Waals surface area contributed by atoms with Gasteiger partial charge < -0.3 is 15.5 Å². The molecule has 0 aliphatic carbocycles. The lowest BCUT2D eigenvalue weighted by atomic mass is 10.2. The summed E-state index contributed by atoms with van der Waals surface area (Å²) in [7, 11) is 0. The molecule has 1 aliphatic rings. The zero-order valence-corrected chi connectivity index (χ0v) is 13.7. The standard InChI is InChI=1S/C14H15BrClN5/c15-12-7-10(16)8-19-14(12)21-5-3-20(4-6-21)11-1-2-13(17)18-9-11/h1-2,7-9H,3-6H2,(H2,17,18). The molecule has 0 atom stereocenters. The summed E-state index contributed by atoms with van der Waals surface area (Å²) in [5.74, 6) is 1.49. The third-order valence-electron chi connectivity index (χ3n) is 3.50. The van der Waals surface area contributed by atoms with Gasteiger partial charge in [-0.1, -0.05) is 11.6 Å². The largest absolute Gasteiger partial charge is 0.384 e. The highest BCUT2D eigenvalue weighted by atomic mass is 79.9. The Morgan fingerprint density at radius 3 is 2.38 bits per heavy atom. The van der Waals surface area contributed by atoms with Crippen molar-refractivity contribution in [1.29, 1.82) is 0 Å². The lowest BCUT2D eigenvalue weighted by molar-refractivity contribution is 0.646. The number of hydrogen-bond acceptors (Lipinski definition) is 5. The summed E-state index contributed by atoms with van der Waals surface area (Å²) < 4.78 is 0.928. The van der Waals surface area contributed by atoms with Crippen LogP contribution in [0.1, 0.15) is 0 Å². The molecule has 2 aromatic rings. The zero-order chi connectivity index (χ0) is 14.8. The Morgan fingerprint density at radius 1 is 1.05 bits per heavy atom. The molecule has 5 nitrogen and oxygen atoms in total. The number of halogens is 2. The van der Waals surface area contributed by atoms with E-state index in [0.717, 1.165) is 42.2 Å². The van der Waals surface area contributed by atoms with Gasteiger partial charge in [-0.15, -0.1) is 0 Å². The average molecular weight is 369 g/mol. The molecule has 0 aromatic carbocycles. The molecule has 2 N–H and O–H groups in total. The van der Waals surface area contributed by atoms with E-state index in [1.807, 2.05) is 24.4 Å². The fourth-order valence-electron chi connectivity index (χ4n) is 2.40. The fourth-order valence-corrected chi connectivity index (χ4v) is 3.29.